The third-order valence-corrected chi connectivity index (χ3v) is 3.83. The van der Waals surface area contributed by atoms with Crippen LogP contribution in [0.5, 0.6) is 0 Å². The van der Waals surface area contributed by atoms with Gasteiger partial charge in [0.25, 0.3) is 0 Å². The van der Waals surface area contributed by atoms with Gasteiger partial charge in [-0.15, -0.1) is 0 Å². The van der Waals surface area contributed by atoms with E-state index in [2.05, 4.69) is 30.1 Å². The van der Waals surface area contributed by atoms with E-state index >= 15 is 0 Å². The van der Waals surface area contributed by atoms with Gasteiger partial charge in [0, 0.05) is 11.4 Å². The van der Waals surface area contributed by atoms with E-state index in [-0.39, 0.29) is 6.04 Å². The van der Waals surface area contributed by atoms with Crippen LogP contribution in [0.15, 0.2) is 23.8 Å². The summed E-state index contributed by atoms with van der Waals surface area (Å²) >= 11 is 0. The Hall–Kier alpha value is -1.15. The molecule has 18 heavy (non-hydrogen) atoms. The summed E-state index contributed by atoms with van der Waals surface area (Å²) in [6, 6.07) is 4.24. The minimum Gasteiger partial charge on any atom is -0.320 e. The zero-order valence-electron chi connectivity index (χ0n) is 11.6. The van der Waals surface area contributed by atoms with Crippen LogP contribution >= 0.6 is 0 Å². The van der Waals surface area contributed by atoms with Gasteiger partial charge in [-0.2, -0.15) is 0 Å². The Balaban J connectivity index is 2.20. The van der Waals surface area contributed by atoms with Crippen LogP contribution in [0.4, 0.5) is 0 Å². The molecule has 1 unspecified atom stereocenters. The normalized spacial score (nSPS) is 21.6. The first-order chi connectivity index (χ1) is 8.68. The number of rotatable bonds is 2. The van der Waals surface area contributed by atoms with Crippen LogP contribution in [0.3, 0.4) is 0 Å². The molecule has 0 fully saturated rings. The van der Waals surface area contributed by atoms with Crippen molar-refractivity contribution in [3.05, 3.63) is 40.7 Å². The summed E-state index contributed by atoms with van der Waals surface area (Å²) in [6.07, 6.45) is 9.98. The van der Waals surface area contributed by atoms with E-state index in [1.54, 1.807) is 0 Å². The first-order valence-corrected chi connectivity index (χ1v) is 7.07. The Kier molecular flexibility index (Phi) is 4.54. The van der Waals surface area contributed by atoms with Gasteiger partial charge in [0.15, 0.2) is 0 Å². The monoisotopic (exact) mass is 244 g/mol. The van der Waals surface area contributed by atoms with Gasteiger partial charge in [0.1, 0.15) is 0 Å². The molecule has 0 bridgehead atoms. The van der Waals surface area contributed by atoms with E-state index in [4.69, 9.17) is 5.73 Å². The van der Waals surface area contributed by atoms with Crippen LogP contribution in [0.1, 0.15) is 61.5 Å². The molecule has 1 heterocycles. The van der Waals surface area contributed by atoms with Gasteiger partial charge in [0.2, 0.25) is 0 Å². The summed E-state index contributed by atoms with van der Waals surface area (Å²) in [4.78, 5) is 4.52. The number of pyridine rings is 1. The lowest BCUT2D eigenvalue weighted by atomic mass is 9.91. The van der Waals surface area contributed by atoms with E-state index in [9.17, 15) is 0 Å². The predicted molar refractivity (Wildman–Crippen MR) is 76.4 cm³/mol. The first kappa shape index (κ1) is 13.3. The SMILES string of the molecule is Cc1ccc(C(N)/C2=C/CCCCCC2)c(C)n1. The molecular weight excluding hydrogens is 220 g/mol. The highest BCUT2D eigenvalue weighted by Crippen LogP contribution is 2.28. The molecule has 1 aliphatic rings. The number of nitrogens with zero attached hydrogens (tertiary/aromatic N) is 1. The zero-order chi connectivity index (χ0) is 13.0. The van der Waals surface area contributed by atoms with Crippen LogP contribution in [-0.2, 0) is 0 Å². The van der Waals surface area contributed by atoms with Crippen molar-refractivity contribution in [2.75, 3.05) is 0 Å². The third kappa shape index (κ3) is 3.20. The molecule has 1 aliphatic carbocycles. The Morgan fingerprint density at radius 2 is 1.89 bits per heavy atom. The number of hydrogen-bond donors (Lipinski definition) is 1. The second-order valence-electron chi connectivity index (χ2n) is 5.34. The second-order valence-corrected chi connectivity index (χ2v) is 5.34. The van der Waals surface area contributed by atoms with E-state index in [1.807, 2.05) is 6.92 Å². The molecule has 1 aromatic heterocycles. The number of aryl methyl sites for hydroxylation is 2. The Labute approximate surface area is 110 Å². The third-order valence-electron chi connectivity index (χ3n) is 3.83. The quantitative estimate of drug-likeness (QED) is 0.799. The topological polar surface area (TPSA) is 38.9 Å². The molecule has 1 aromatic rings. The number of aromatic nitrogens is 1. The largest absolute Gasteiger partial charge is 0.320 e. The summed E-state index contributed by atoms with van der Waals surface area (Å²) in [7, 11) is 0. The van der Waals surface area contributed by atoms with Crippen molar-refractivity contribution >= 4 is 0 Å². The fourth-order valence-corrected chi connectivity index (χ4v) is 2.72. The van der Waals surface area contributed by atoms with Gasteiger partial charge in [0.05, 0.1) is 6.04 Å². The van der Waals surface area contributed by atoms with Gasteiger partial charge >= 0.3 is 0 Å². The van der Waals surface area contributed by atoms with Crippen LogP contribution in [0.25, 0.3) is 0 Å². The maximum absolute atomic E-state index is 6.43. The first-order valence-electron chi connectivity index (χ1n) is 7.07. The van der Waals surface area contributed by atoms with E-state index in [1.165, 1.54) is 43.2 Å². The minimum absolute atomic E-state index is 0.0381. The minimum atomic E-state index is 0.0381. The lowest BCUT2D eigenvalue weighted by Gasteiger charge is -2.20. The van der Waals surface area contributed by atoms with Gasteiger partial charge in [-0.3, -0.25) is 4.98 Å². The van der Waals surface area contributed by atoms with Crippen LogP contribution in [0, 0.1) is 13.8 Å². The van der Waals surface area contributed by atoms with Crippen LogP contribution in [-0.4, -0.2) is 4.98 Å². The Morgan fingerprint density at radius 1 is 1.11 bits per heavy atom. The van der Waals surface area contributed by atoms with Gasteiger partial charge in [-0.05, 0) is 51.2 Å². The summed E-state index contributed by atoms with van der Waals surface area (Å²) in [6.45, 7) is 4.09. The smallest absolute Gasteiger partial charge is 0.0528 e. The summed E-state index contributed by atoms with van der Waals surface area (Å²) < 4.78 is 0. The Bertz CT molecular complexity index is 435. The maximum Gasteiger partial charge on any atom is 0.0528 e. The van der Waals surface area contributed by atoms with Gasteiger partial charge in [-0.25, -0.2) is 0 Å². The fourth-order valence-electron chi connectivity index (χ4n) is 2.72. The molecular formula is C16H24N2. The average Bonchev–Trinajstić information content (AvgIpc) is 2.27. The standard InChI is InChI=1S/C16H24N2/c1-12-10-11-15(13(2)18-12)16(17)14-8-6-4-3-5-7-9-14/h8,10-11,16H,3-7,9,17H2,1-2H3/b14-8+. The molecule has 2 nitrogen and oxygen atoms in total. The molecule has 2 N–H and O–H groups in total. The molecule has 0 amide bonds. The molecule has 0 aromatic carbocycles. The van der Waals surface area contributed by atoms with Crippen molar-refractivity contribution in [2.24, 2.45) is 5.73 Å². The maximum atomic E-state index is 6.43. The highest BCUT2D eigenvalue weighted by Gasteiger charge is 2.15. The lowest BCUT2D eigenvalue weighted by Crippen LogP contribution is -2.16. The van der Waals surface area contributed by atoms with Crippen molar-refractivity contribution < 1.29 is 0 Å². The van der Waals surface area contributed by atoms with E-state index in [0.29, 0.717) is 0 Å². The molecule has 2 heteroatoms. The number of allylic oxidation sites excluding steroid dienone is 1. The van der Waals surface area contributed by atoms with Crippen LogP contribution in [0.2, 0.25) is 0 Å². The second kappa shape index (κ2) is 6.14. The van der Waals surface area contributed by atoms with E-state index in [0.717, 1.165) is 17.8 Å². The number of nitrogens with two attached hydrogens (primary N) is 1. The van der Waals surface area contributed by atoms with Gasteiger partial charge in [-0.1, -0.05) is 30.6 Å². The molecule has 2 rings (SSSR count). The van der Waals surface area contributed by atoms with Crippen molar-refractivity contribution in [1.29, 1.82) is 0 Å². The van der Waals surface area contributed by atoms with Crippen LogP contribution < -0.4 is 5.73 Å². The molecule has 0 aliphatic heterocycles. The molecule has 0 radical (unpaired) electrons. The molecule has 0 spiro atoms. The molecule has 0 saturated heterocycles. The zero-order valence-corrected chi connectivity index (χ0v) is 11.6. The molecule has 98 valence electrons. The summed E-state index contributed by atoms with van der Waals surface area (Å²) in [5.41, 5.74) is 11.2. The van der Waals surface area contributed by atoms with Gasteiger partial charge < -0.3 is 5.73 Å². The predicted octanol–water partition coefficient (Wildman–Crippen LogP) is 3.98. The summed E-state index contributed by atoms with van der Waals surface area (Å²) in [5.74, 6) is 0. The number of hydrogen-bond acceptors (Lipinski definition) is 2. The lowest BCUT2D eigenvalue weighted by molar-refractivity contribution is 0.601. The van der Waals surface area contributed by atoms with E-state index < -0.39 is 0 Å². The Morgan fingerprint density at radius 3 is 2.67 bits per heavy atom. The highest BCUT2D eigenvalue weighted by molar-refractivity contribution is 5.31. The highest BCUT2D eigenvalue weighted by atomic mass is 14.7. The van der Waals surface area contributed by atoms with Crippen molar-refractivity contribution in [3.63, 3.8) is 0 Å². The van der Waals surface area contributed by atoms with Crippen molar-refractivity contribution in [3.8, 4) is 0 Å². The average molecular weight is 244 g/mol. The fraction of sp³-hybridized carbons (Fsp3) is 0.562. The summed E-state index contributed by atoms with van der Waals surface area (Å²) in [5, 5.41) is 0. The van der Waals surface area contributed by atoms with Crippen molar-refractivity contribution in [2.45, 2.75) is 58.4 Å². The molecule has 0 saturated carbocycles. The molecule has 1 atom stereocenters. The van der Waals surface area contributed by atoms with Crippen molar-refractivity contribution in [1.82, 2.24) is 4.98 Å².